The molecule has 0 aliphatic heterocycles. The second-order valence-electron chi connectivity index (χ2n) is 5.47. The lowest BCUT2D eigenvalue weighted by Gasteiger charge is -2.10. The number of hydrogen-bond acceptors (Lipinski definition) is 2. The topological polar surface area (TPSA) is 48.4 Å². The second-order valence-corrected chi connectivity index (χ2v) is 5.47. The number of aromatic nitrogens is 1. The molecular formula is C17H19FN2O. The molecular weight excluding hydrogens is 267 g/mol. The predicted octanol–water partition coefficient (Wildman–Crippen LogP) is 4.32. The second kappa shape index (κ2) is 6.12. The van der Waals surface area contributed by atoms with E-state index in [0.717, 1.165) is 6.42 Å². The number of halogens is 1. The van der Waals surface area contributed by atoms with Crippen molar-refractivity contribution in [1.82, 2.24) is 4.98 Å². The maximum absolute atomic E-state index is 13.3. The molecule has 0 bridgehead atoms. The van der Waals surface area contributed by atoms with Gasteiger partial charge >= 0.3 is 0 Å². The summed E-state index contributed by atoms with van der Waals surface area (Å²) < 4.78 is 13.3. The van der Waals surface area contributed by atoms with E-state index < -0.39 is 0 Å². The van der Waals surface area contributed by atoms with Crippen LogP contribution in [0.15, 0.2) is 34.8 Å². The molecule has 0 amide bonds. The Balaban J connectivity index is 1.72. The van der Waals surface area contributed by atoms with Gasteiger partial charge in [0.2, 0.25) is 0 Å². The zero-order valence-electron chi connectivity index (χ0n) is 11.9. The van der Waals surface area contributed by atoms with Crippen molar-refractivity contribution in [3.05, 3.63) is 41.2 Å². The summed E-state index contributed by atoms with van der Waals surface area (Å²) in [4.78, 5) is 7.21. The van der Waals surface area contributed by atoms with Crippen molar-refractivity contribution in [3.8, 4) is 5.88 Å². The number of nitrogens with zero attached hydrogens (tertiary/aromatic N) is 1. The van der Waals surface area contributed by atoms with Crippen molar-refractivity contribution in [2.75, 3.05) is 6.54 Å². The van der Waals surface area contributed by atoms with E-state index in [-0.39, 0.29) is 11.7 Å². The van der Waals surface area contributed by atoms with Crippen molar-refractivity contribution >= 4 is 17.1 Å². The molecule has 2 aromatic rings. The number of aliphatic imine (C=N–C) groups is 1. The van der Waals surface area contributed by atoms with Crippen LogP contribution in [0.3, 0.4) is 0 Å². The first kappa shape index (κ1) is 13.9. The Bertz CT molecular complexity index is 700. The van der Waals surface area contributed by atoms with E-state index in [9.17, 15) is 9.50 Å². The molecule has 0 unspecified atom stereocenters. The monoisotopic (exact) mass is 286 g/mol. The third-order valence-corrected chi connectivity index (χ3v) is 3.95. The number of hydrogen-bond donors (Lipinski definition) is 2. The van der Waals surface area contributed by atoms with E-state index in [1.54, 1.807) is 12.3 Å². The Kier molecular flexibility index (Phi) is 4.04. The molecule has 1 aromatic carbocycles. The Morgan fingerprint density at radius 1 is 1.33 bits per heavy atom. The molecule has 21 heavy (non-hydrogen) atoms. The summed E-state index contributed by atoms with van der Waals surface area (Å²) in [5.41, 5.74) is 2.75. The fraction of sp³-hybridized carbons (Fsp3) is 0.353. The van der Waals surface area contributed by atoms with E-state index >= 15 is 0 Å². The summed E-state index contributed by atoms with van der Waals surface area (Å²) in [7, 11) is 0. The average Bonchev–Trinajstić information content (AvgIpc) is 2.80. The molecule has 3 nitrogen and oxygen atoms in total. The van der Waals surface area contributed by atoms with Gasteiger partial charge in [-0.15, -0.1) is 0 Å². The molecule has 0 saturated carbocycles. The maximum Gasteiger partial charge on any atom is 0.198 e. The van der Waals surface area contributed by atoms with Crippen molar-refractivity contribution < 1.29 is 9.50 Å². The molecule has 1 aliphatic rings. The third-order valence-electron chi connectivity index (χ3n) is 3.95. The van der Waals surface area contributed by atoms with Gasteiger partial charge in [-0.25, -0.2) is 4.39 Å². The summed E-state index contributed by atoms with van der Waals surface area (Å²) >= 11 is 0. The Hall–Kier alpha value is -2.10. The number of rotatable bonds is 4. The van der Waals surface area contributed by atoms with Crippen LogP contribution in [0.2, 0.25) is 0 Å². The van der Waals surface area contributed by atoms with Gasteiger partial charge in [0, 0.05) is 23.7 Å². The zero-order valence-corrected chi connectivity index (χ0v) is 11.9. The van der Waals surface area contributed by atoms with E-state index in [0.29, 0.717) is 23.0 Å². The van der Waals surface area contributed by atoms with Crippen LogP contribution >= 0.6 is 0 Å². The van der Waals surface area contributed by atoms with Gasteiger partial charge in [-0.1, -0.05) is 11.6 Å². The molecule has 0 radical (unpaired) electrons. The molecule has 2 N–H and O–H groups in total. The smallest absolute Gasteiger partial charge is 0.198 e. The van der Waals surface area contributed by atoms with Crippen LogP contribution in [0.5, 0.6) is 5.88 Å². The number of nitrogens with one attached hydrogen (secondary N) is 1. The predicted molar refractivity (Wildman–Crippen MR) is 83.6 cm³/mol. The summed E-state index contributed by atoms with van der Waals surface area (Å²) in [5, 5.41) is 10.6. The van der Waals surface area contributed by atoms with E-state index in [1.807, 2.05) is 0 Å². The van der Waals surface area contributed by atoms with Crippen LogP contribution in [0.1, 0.15) is 37.7 Å². The van der Waals surface area contributed by atoms with Crippen molar-refractivity contribution in [2.45, 2.75) is 32.1 Å². The van der Waals surface area contributed by atoms with Gasteiger partial charge < -0.3 is 10.1 Å². The molecule has 1 aromatic heterocycles. The van der Waals surface area contributed by atoms with Crippen LogP contribution < -0.4 is 0 Å². The maximum atomic E-state index is 13.3. The van der Waals surface area contributed by atoms with Gasteiger partial charge in [-0.3, -0.25) is 4.99 Å². The van der Waals surface area contributed by atoms with Crippen LogP contribution in [0.25, 0.3) is 10.9 Å². The fourth-order valence-corrected chi connectivity index (χ4v) is 2.80. The first-order chi connectivity index (χ1) is 10.2. The number of aromatic amines is 1. The van der Waals surface area contributed by atoms with Gasteiger partial charge in [-0.2, -0.15) is 0 Å². The molecule has 0 atom stereocenters. The van der Waals surface area contributed by atoms with E-state index in [1.165, 1.54) is 43.4 Å². The highest BCUT2D eigenvalue weighted by Crippen LogP contribution is 2.26. The first-order valence-electron chi connectivity index (χ1n) is 7.42. The number of aromatic hydroxyl groups is 1. The summed E-state index contributed by atoms with van der Waals surface area (Å²) in [6, 6.07) is 4.40. The number of allylic oxidation sites excluding steroid dienone is 1. The lowest BCUT2D eigenvalue weighted by molar-refractivity contribution is 0.457. The standard InChI is InChI=1S/C17H19FN2O/c18-13-6-7-16-14(10-13)15(17(21)20-16)11-19-9-8-12-4-2-1-3-5-12/h4,6-7,10-11,20-21H,1-3,5,8-9H2. The first-order valence-corrected chi connectivity index (χ1v) is 7.42. The van der Waals surface area contributed by atoms with Crippen molar-refractivity contribution in [3.63, 3.8) is 0 Å². The number of H-pyrrole nitrogens is 1. The summed E-state index contributed by atoms with van der Waals surface area (Å²) in [5.74, 6) is -0.278. The fourth-order valence-electron chi connectivity index (χ4n) is 2.80. The molecule has 0 fully saturated rings. The van der Waals surface area contributed by atoms with Crippen LogP contribution in [-0.2, 0) is 0 Å². The largest absolute Gasteiger partial charge is 0.494 e. The summed E-state index contributed by atoms with van der Waals surface area (Å²) in [6.07, 6.45) is 9.85. The summed E-state index contributed by atoms with van der Waals surface area (Å²) in [6.45, 7) is 0.702. The Morgan fingerprint density at radius 2 is 2.24 bits per heavy atom. The molecule has 1 heterocycles. The van der Waals surface area contributed by atoms with E-state index in [4.69, 9.17) is 0 Å². The number of benzene rings is 1. The van der Waals surface area contributed by atoms with Crippen LogP contribution in [0, 0.1) is 5.82 Å². The molecule has 0 spiro atoms. The van der Waals surface area contributed by atoms with E-state index in [2.05, 4.69) is 16.1 Å². The Labute approximate surface area is 123 Å². The minimum Gasteiger partial charge on any atom is -0.494 e. The number of fused-ring (bicyclic) bond motifs is 1. The quantitative estimate of drug-likeness (QED) is 0.638. The minimum absolute atomic E-state index is 0.0382. The highest BCUT2D eigenvalue weighted by atomic mass is 19.1. The lowest BCUT2D eigenvalue weighted by Crippen LogP contribution is -1.94. The molecule has 4 heteroatoms. The molecule has 0 saturated heterocycles. The molecule has 3 rings (SSSR count). The van der Waals surface area contributed by atoms with Gasteiger partial charge in [0.1, 0.15) is 5.82 Å². The van der Waals surface area contributed by atoms with Crippen molar-refractivity contribution in [2.24, 2.45) is 4.99 Å². The SMILES string of the molecule is Oc1[nH]c2ccc(F)cc2c1C=NCCC1=CCCCC1. The van der Waals surface area contributed by atoms with Gasteiger partial charge in [0.15, 0.2) is 5.88 Å². The highest BCUT2D eigenvalue weighted by molar-refractivity contribution is 6.01. The molecule has 110 valence electrons. The average molecular weight is 286 g/mol. The molecule has 1 aliphatic carbocycles. The zero-order chi connectivity index (χ0) is 14.7. The van der Waals surface area contributed by atoms with Gasteiger partial charge in [-0.05, 0) is 50.3 Å². The third kappa shape index (κ3) is 3.15. The minimum atomic E-state index is -0.316. The highest BCUT2D eigenvalue weighted by Gasteiger charge is 2.09. The lowest BCUT2D eigenvalue weighted by atomic mass is 9.97. The van der Waals surface area contributed by atoms with Crippen LogP contribution in [0.4, 0.5) is 4.39 Å². The van der Waals surface area contributed by atoms with Gasteiger partial charge in [0.25, 0.3) is 0 Å². The van der Waals surface area contributed by atoms with Crippen molar-refractivity contribution in [1.29, 1.82) is 0 Å². The van der Waals surface area contributed by atoms with Gasteiger partial charge in [0.05, 0.1) is 5.56 Å². The normalized spacial score (nSPS) is 15.8. The Morgan fingerprint density at radius 3 is 3.05 bits per heavy atom. The van der Waals surface area contributed by atoms with Crippen LogP contribution in [-0.4, -0.2) is 22.8 Å².